The molecule has 37 heavy (non-hydrogen) atoms. The summed E-state index contributed by atoms with van der Waals surface area (Å²) in [4.78, 5) is 0. The van der Waals surface area contributed by atoms with Gasteiger partial charge in [-0.2, -0.15) is 0 Å². The van der Waals surface area contributed by atoms with Gasteiger partial charge in [0.1, 0.15) is 24.7 Å². The summed E-state index contributed by atoms with van der Waals surface area (Å²) in [6.45, 7) is 4.43. The zero-order chi connectivity index (χ0) is 26.4. The van der Waals surface area contributed by atoms with Gasteiger partial charge in [0, 0.05) is 0 Å². The molecule has 0 radical (unpaired) electrons. The van der Waals surface area contributed by atoms with Crippen LogP contribution in [0.2, 0.25) is 0 Å². The van der Waals surface area contributed by atoms with Crippen LogP contribution in [0.25, 0.3) is 0 Å². The average Bonchev–Trinajstić information content (AvgIpc) is 2.90. The molecule has 0 bridgehead atoms. The van der Waals surface area contributed by atoms with Crippen molar-refractivity contribution in [3.8, 4) is 0 Å². The Kier molecular flexibility index (Phi) is 11.5. The fourth-order valence-corrected chi connectivity index (χ4v) is 8.99. The molecular formula is C33H56F4. The van der Waals surface area contributed by atoms with Gasteiger partial charge in [0.05, 0.1) is 0 Å². The molecule has 4 saturated carbocycles. The van der Waals surface area contributed by atoms with Crippen LogP contribution in [0.4, 0.5) is 17.6 Å². The molecule has 0 N–H and O–H groups in total. The summed E-state index contributed by atoms with van der Waals surface area (Å²) in [5.41, 5.74) is 0. The molecular weight excluding hydrogens is 472 g/mol. The minimum absolute atomic E-state index is 0.0521. The molecule has 0 nitrogen and oxygen atoms in total. The van der Waals surface area contributed by atoms with E-state index in [1.807, 2.05) is 0 Å². The normalized spacial score (nSPS) is 45.6. The van der Waals surface area contributed by atoms with Gasteiger partial charge in [0.2, 0.25) is 0 Å². The van der Waals surface area contributed by atoms with E-state index in [0.717, 1.165) is 115 Å². The van der Waals surface area contributed by atoms with Crippen LogP contribution in [0, 0.1) is 47.3 Å². The molecule has 8 unspecified atom stereocenters. The molecule has 8 atom stereocenters. The van der Waals surface area contributed by atoms with Gasteiger partial charge < -0.3 is 0 Å². The predicted molar refractivity (Wildman–Crippen MR) is 147 cm³/mol. The van der Waals surface area contributed by atoms with E-state index in [4.69, 9.17) is 0 Å². The van der Waals surface area contributed by atoms with Gasteiger partial charge in [-0.1, -0.05) is 71.6 Å². The van der Waals surface area contributed by atoms with Crippen LogP contribution in [0.3, 0.4) is 0 Å². The summed E-state index contributed by atoms with van der Waals surface area (Å²) >= 11 is 0. The van der Waals surface area contributed by atoms with E-state index in [-0.39, 0.29) is 23.7 Å². The van der Waals surface area contributed by atoms with Crippen LogP contribution >= 0.6 is 0 Å². The van der Waals surface area contributed by atoms with E-state index >= 15 is 13.2 Å². The lowest BCUT2D eigenvalue weighted by molar-refractivity contribution is -0.0170. The molecule has 0 saturated heterocycles. The van der Waals surface area contributed by atoms with E-state index in [1.54, 1.807) is 0 Å². The Hall–Kier alpha value is -0.280. The van der Waals surface area contributed by atoms with Crippen LogP contribution < -0.4 is 0 Å². The molecule has 4 aliphatic rings. The Bertz CT molecular complexity index is 638. The first-order chi connectivity index (χ1) is 17.9. The van der Waals surface area contributed by atoms with Gasteiger partial charge in [-0.15, -0.1) is 0 Å². The zero-order valence-corrected chi connectivity index (χ0v) is 23.9. The van der Waals surface area contributed by atoms with Crippen molar-refractivity contribution >= 4 is 0 Å². The van der Waals surface area contributed by atoms with Gasteiger partial charge in [-0.05, 0) is 112 Å². The number of alkyl halides is 4. The molecule has 0 aromatic rings. The van der Waals surface area contributed by atoms with Crippen molar-refractivity contribution in [3.05, 3.63) is 0 Å². The van der Waals surface area contributed by atoms with E-state index in [1.165, 1.54) is 12.8 Å². The van der Waals surface area contributed by atoms with E-state index in [9.17, 15) is 4.39 Å². The summed E-state index contributed by atoms with van der Waals surface area (Å²) in [5, 5.41) is 0. The van der Waals surface area contributed by atoms with Gasteiger partial charge in [-0.3, -0.25) is 0 Å². The Morgan fingerprint density at radius 1 is 0.486 bits per heavy atom. The zero-order valence-electron chi connectivity index (χ0n) is 23.9. The molecule has 0 aromatic carbocycles. The highest BCUT2D eigenvalue weighted by Gasteiger charge is 2.45. The van der Waals surface area contributed by atoms with E-state index < -0.39 is 24.7 Å². The fourth-order valence-electron chi connectivity index (χ4n) is 8.99. The second kappa shape index (κ2) is 14.4. The molecule has 0 aromatic heterocycles. The third kappa shape index (κ3) is 7.68. The first-order valence-corrected chi connectivity index (χ1v) is 16.4. The quantitative estimate of drug-likeness (QED) is 0.195. The van der Waals surface area contributed by atoms with Crippen molar-refractivity contribution in [3.63, 3.8) is 0 Å². The molecule has 4 rings (SSSR count). The van der Waals surface area contributed by atoms with Gasteiger partial charge in [0.25, 0.3) is 0 Å². The molecule has 216 valence electrons. The van der Waals surface area contributed by atoms with Crippen molar-refractivity contribution in [2.45, 2.75) is 161 Å². The number of hydrogen-bond donors (Lipinski definition) is 0. The van der Waals surface area contributed by atoms with Crippen molar-refractivity contribution in [2.24, 2.45) is 47.3 Å². The summed E-state index contributed by atoms with van der Waals surface area (Å²) in [5.74, 6) is 1.79. The first kappa shape index (κ1) is 29.7. The second-order valence-corrected chi connectivity index (χ2v) is 14.0. The van der Waals surface area contributed by atoms with Crippen LogP contribution in [0.15, 0.2) is 0 Å². The topological polar surface area (TPSA) is 0 Å². The highest BCUT2D eigenvalue weighted by Crippen LogP contribution is 2.47. The van der Waals surface area contributed by atoms with Crippen molar-refractivity contribution in [2.75, 3.05) is 0 Å². The van der Waals surface area contributed by atoms with Crippen molar-refractivity contribution < 1.29 is 17.6 Å². The summed E-state index contributed by atoms with van der Waals surface area (Å²) in [7, 11) is 0. The lowest BCUT2D eigenvalue weighted by Crippen LogP contribution is -2.42. The molecule has 0 amide bonds. The highest BCUT2D eigenvalue weighted by molar-refractivity contribution is 4.94. The maximum Gasteiger partial charge on any atom is 0.134 e. The third-order valence-corrected chi connectivity index (χ3v) is 11.6. The summed E-state index contributed by atoms with van der Waals surface area (Å²) in [6, 6.07) is 0. The molecule has 4 fully saturated rings. The predicted octanol–water partition coefficient (Wildman–Crippen LogP) is 10.8. The smallest absolute Gasteiger partial charge is 0.134 e. The largest absolute Gasteiger partial charge is 0.244 e. The minimum atomic E-state index is -1.28. The molecule has 0 heterocycles. The lowest BCUT2D eigenvalue weighted by Gasteiger charge is -2.42. The Morgan fingerprint density at radius 3 is 1.49 bits per heavy atom. The SMILES string of the molecule is CCCCCC1CCC(C2CCC(CCCC3CCC(C4CCC(C)CC4)C(F)C3F)CC2)C(F)C1F. The number of rotatable bonds is 10. The molecule has 0 spiro atoms. The van der Waals surface area contributed by atoms with Crippen LogP contribution in [0.1, 0.15) is 136 Å². The number of unbranched alkanes of at least 4 members (excludes halogenated alkanes) is 2. The van der Waals surface area contributed by atoms with Crippen LogP contribution in [-0.2, 0) is 0 Å². The summed E-state index contributed by atoms with van der Waals surface area (Å²) < 4.78 is 60.1. The van der Waals surface area contributed by atoms with Crippen molar-refractivity contribution in [1.82, 2.24) is 0 Å². The maximum absolute atomic E-state index is 15.1. The fraction of sp³-hybridized carbons (Fsp3) is 1.00. The Labute approximate surface area is 225 Å². The van der Waals surface area contributed by atoms with E-state index in [0.29, 0.717) is 17.8 Å². The minimum Gasteiger partial charge on any atom is -0.244 e. The number of hydrogen-bond acceptors (Lipinski definition) is 0. The number of halogens is 4. The van der Waals surface area contributed by atoms with Gasteiger partial charge in [-0.25, -0.2) is 17.6 Å². The molecule has 4 heteroatoms. The Morgan fingerprint density at radius 2 is 0.973 bits per heavy atom. The summed E-state index contributed by atoms with van der Waals surface area (Å²) in [6.07, 6.45) is 14.1. The van der Waals surface area contributed by atoms with Crippen molar-refractivity contribution in [1.29, 1.82) is 0 Å². The maximum atomic E-state index is 15.1. The van der Waals surface area contributed by atoms with Gasteiger partial charge >= 0.3 is 0 Å². The standard InChI is InChI=1S/C33H56F4/c1-3-4-5-8-26-18-20-29(33(37)30(26)34)25-16-12-23(13-17-25)7-6-9-27-19-21-28(32(36)31(27)35)24-14-10-22(2)11-15-24/h22-33H,3-21H2,1-2H3. The molecule has 4 aliphatic carbocycles. The molecule has 0 aliphatic heterocycles. The third-order valence-electron chi connectivity index (χ3n) is 11.6. The first-order valence-electron chi connectivity index (χ1n) is 16.4. The lowest BCUT2D eigenvalue weighted by atomic mass is 9.66. The van der Waals surface area contributed by atoms with E-state index in [2.05, 4.69) is 13.8 Å². The average molecular weight is 529 g/mol. The van der Waals surface area contributed by atoms with Crippen LogP contribution in [-0.4, -0.2) is 24.7 Å². The highest BCUT2D eigenvalue weighted by atomic mass is 19.2. The second-order valence-electron chi connectivity index (χ2n) is 14.0. The Balaban J connectivity index is 1.13. The van der Waals surface area contributed by atoms with Crippen LogP contribution in [0.5, 0.6) is 0 Å². The monoisotopic (exact) mass is 528 g/mol. The van der Waals surface area contributed by atoms with Gasteiger partial charge in [0.15, 0.2) is 0 Å².